The first kappa shape index (κ1) is 23.7. The summed E-state index contributed by atoms with van der Waals surface area (Å²) in [5, 5.41) is 2.38. The maximum Gasteiger partial charge on any atom is 0.330 e. The number of hydrogen-bond donors (Lipinski definition) is 3. The van der Waals surface area contributed by atoms with Crippen molar-refractivity contribution in [3.05, 3.63) is 86.6 Å². The number of nitrogens with two attached hydrogens (primary N) is 1. The highest BCUT2D eigenvalue weighted by Gasteiger charge is 2.21. The van der Waals surface area contributed by atoms with Gasteiger partial charge in [-0.3, -0.25) is 19.1 Å². The highest BCUT2D eigenvalue weighted by Crippen LogP contribution is 2.18. The van der Waals surface area contributed by atoms with Gasteiger partial charge in [-0.1, -0.05) is 30.3 Å². The topological polar surface area (TPSA) is 122 Å². The molecule has 3 rings (SSSR count). The van der Waals surface area contributed by atoms with Crippen molar-refractivity contribution in [3.8, 4) is 0 Å². The lowest BCUT2D eigenvalue weighted by Gasteiger charge is -2.25. The average molecular weight is 459 g/mol. The number of benzene rings is 2. The highest BCUT2D eigenvalue weighted by molar-refractivity contribution is 5.94. The van der Waals surface area contributed by atoms with Crippen LogP contribution in [0.1, 0.15) is 5.56 Å². The van der Waals surface area contributed by atoms with Crippen molar-refractivity contribution in [2.24, 2.45) is 0 Å². The van der Waals surface area contributed by atoms with Crippen molar-refractivity contribution in [2.75, 3.05) is 42.8 Å². The number of aromatic amines is 1. The normalized spacial score (nSPS) is 10.8. The standard InChI is InChI=1S/C22H23F2N5O4/c1-33-8-7-28(13-18(30)26-17-10-15(23)9-16(24)11-17)19-20(25)29(22(32)27-21(19)31)12-14-5-3-2-4-6-14/h2-6,9-11H,7-8,12-13,25H2,1H3,(H,26,30)(H,27,31,32). The van der Waals surface area contributed by atoms with E-state index in [1.807, 2.05) is 6.07 Å². The second-order valence-electron chi connectivity index (χ2n) is 7.19. The summed E-state index contributed by atoms with van der Waals surface area (Å²) < 4.78 is 33.1. The van der Waals surface area contributed by atoms with Gasteiger partial charge in [0.05, 0.1) is 19.7 Å². The Morgan fingerprint density at radius 3 is 2.45 bits per heavy atom. The van der Waals surface area contributed by atoms with Gasteiger partial charge in [0, 0.05) is 25.4 Å². The number of carbonyl (C=O) groups is 1. The molecule has 4 N–H and O–H groups in total. The lowest BCUT2D eigenvalue weighted by molar-refractivity contribution is -0.115. The number of halogens is 2. The summed E-state index contributed by atoms with van der Waals surface area (Å²) in [6, 6.07) is 11.6. The second-order valence-corrected chi connectivity index (χ2v) is 7.19. The highest BCUT2D eigenvalue weighted by atomic mass is 19.1. The molecular weight excluding hydrogens is 436 g/mol. The minimum absolute atomic E-state index is 0.0816. The van der Waals surface area contributed by atoms with Gasteiger partial charge < -0.3 is 20.7 Å². The van der Waals surface area contributed by atoms with Gasteiger partial charge in [-0.2, -0.15) is 0 Å². The monoisotopic (exact) mass is 459 g/mol. The molecule has 1 amide bonds. The molecule has 33 heavy (non-hydrogen) atoms. The van der Waals surface area contributed by atoms with Gasteiger partial charge in [0.1, 0.15) is 23.1 Å². The van der Waals surface area contributed by atoms with Crippen LogP contribution in [-0.2, 0) is 16.1 Å². The summed E-state index contributed by atoms with van der Waals surface area (Å²) in [6.45, 7) is -0.0721. The van der Waals surface area contributed by atoms with Crippen molar-refractivity contribution in [2.45, 2.75) is 6.54 Å². The number of nitrogen functional groups attached to an aromatic ring is 1. The van der Waals surface area contributed by atoms with E-state index in [4.69, 9.17) is 10.5 Å². The molecule has 0 saturated carbocycles. The van der Waals surface area contributed by atoms with Crippen molar-refractivity contribution >= 4 is 23.1 Å². The predicted molar refractivity (Wildman–Crippen MR) is 120 cm³/mol. The molecule has 174 valence electrons. The number of H-pyrrole nitrogens is 1. The Bertz CT molecular complexity index is 1220. The first-order chi connectivity index (χ1) is 15.8. The van der Waals surface area contributed by atoms with Gasteiger partial charge >= 0.3 is 5.69 Å². The van der Waals surface area contributed by atoms with Gasteiger partial charge in [0.25, 0.3) is 5.56 Å². The molecule has 0 fully saturated rings. The second kappa shape index (κ2) is 10.6. The van der Waals surface area contributed by atoms with Crippen LogP contribution in [0.25, 0.3) is 0 Å². The number of amides is 1. The zero-order valence-corrected chi connectivity index (χ0v) is 17.8. The summed E-state index contributed by atoms with van der Waals surface area (Å²) in [4.78, 5) is 41.2. The molecule has 3 aromatic rings. The van der Waals surface area contributed by atoms with E-state index in [-0.39, 0.29) is 36.9 Å². The predicted octanol–water partition coefficient (Wildman–Crippen LogP) is 1.54. The molecule has 0 atom stereocenters. The number of methoxy groups -OCH3 is 1. The number of ether oxygens (including phenoxy) is 1. The van der Waals surface area contributed by atoms with E-state index < -0.39 is 35.3 Å². The maximum atomic E-state index is 13.4. The summed E-state index contributed by atoms with van der Waals surface area (Å²) in [6.07, 6.45) is 0. The fourth-order valence-electron chi connectivity index (χ4n) is 3.28. The first-order valence-corrected chi connectivity index (χ1v) is 9.95. The van der Waals surface area contributed by atoms with Gasteiger partial charge in [0.2, 0.25) is 5.91 Å². The molecule has 0 aliphatic heterocycles. The fraction of sp³-hybridized carbons (Fsp3) is 0.227. The lowest BCUT2D eigenvalue weighted by Crippen LogP contribution is -2.42. The molecule has 0 spiro atoms. The zero-order chi connectivity index (χ0) is 24.0. The van der Waals surface area contributed by atoms with E-state index in [0.29, 0.717) is 6.07 Å². The van der Waals surface area contributed by atoms with Gasteiger partial charge in [-0.05, 0) is 17.7 Å². The Morgan fingerprint density at radius 1 is 1.15 bits per heavy atom. The SMILES string of the molecule is COCCN(CC(=O)Nc1cc(F)cc(F)c1)c1c(N)n(Cc2ccccc2)c(=O)[nH]c1=O. The third kappa shape index (κ3) is 6.04. The van der Waals surface area contributed by atoms with Crippen molar-refractivity contribution in [1.29, 1.82) is 0 Å². The van der Waals surface area contributed by atoms with Crippen LogP contribution in [0.2, 0.25) is 0 Å². The van der Waals surface area contributed by atoms with Crippen LogP contribution >= 0.6 is 0 Å². The molecule has 2 aromatic carbocycles. The van der Waals surface area contributed by atoms with E-state index in [1.54, 1.807) is 24.3 Å². The molecule has 11 heteroatoms. The van der Waals surface area contributed by atoms with Crippen molar-refractivity contribution in [1.82, 2.24) is 9.55 Å². The fourth-order valence-corrected chi connectivity index (χ4v) is 3.28. The molecule has 0 bridgehead atoms. The van der Waals surface area contributed by atoms with E-state index in [1.165, 1.54) is 16.6 Å². The lowest BCUT2D eigenvalue weighted by atomic mass is 10.2. The minimum Gasteiger partial charge on any atom is -0.383 e. The molecule has 0 unspecified atom stereocenters. The molecule has 1 heterocycles. The number of nitrogens with zero attached hydrogens (tertiary/aromatic N) is 2. The quantitative estimate of drug-likeness (QED) is 0.446. The van der Waals surface area contributed by atoms with Crippen LogP contribution in [0.3, 0.4) is 0 Å². The van der Waals surface area contributed by atoms with Crippen LogP contribution in [0.15, 0.2) is 58.1 Å². The number of nitrogens with one attached hydrogen (secondary N) is 2. The summed E-state index contributed by atoms with van der Waals surface area (Å²) in [5.41, 5.74) is 5.33. The Hall–Kier alpha value is -3.99. The van der Waals surface area contributed by atoms with Crippen LogP contribution in [0.4, 0.5) is 26.0 Å². The van der Waals surface area contributed by atoms with Crippen LogP contribution in [0.5, 0.6) is 0 Å². The largest absolute Gasteiger partial charge is 0.383 e. The van der Waals surface area contributed by atoms with E-state index in [9.17, 15) is 23.2 Å². The third-order valence-corrected chi connectivity index (χ3v) is 4.76. The van der Waals surface area contributed by atoms with E-state index in [0.717, 1.165) is 17.7 Å². The molecule has 0 radical (unpaired) electrons. The number of hydrogen-bond acceptors (Lipinski definition) is 6. The first-order valence-electron chi connectivity index (χ1n) is 9.95. The molecule has 0 aliphatic rings. The number of rotatable bonds is 9. The van der Waals surface area contributed by atoms with Crippen LogP contribution in [0, 0.1) is 11.6 Å². The van der Waals surface area contributed by atoms with Gasteiger partial charge in [0.15, 0.2) is 0 Å². The number of carbonyl (C=O) groups excluding carboxylic acids is 1. The molecule has 0 saturated heterocycles. The Kier molecular flexibility index (Phi) is 7.57. The molecular formula is C22H23F2N5O4. The van der Waals surface area contributed by atoms with Crippen LogP contribution in [-0.4, -0.2) is 42.3 Å². The van der Waals surface area contributed by atoms with E-state index >= 15 is 0 Å². The van der Waals surface area contributed by atoms with Crippen molar-refractivity contribution in [3.63, 3.8) is 0 Å². The van der Waals surface area contributed by atoms with Gasteiger partial charge in [-0.15, -0.1) is 0 Å². The van der Waals surface area contributed by atoms with Crippen molar-refractivity contribution < 1.29 is 18.3 Å². The molecule has 0 aliphatic carbocycles. The zero-order valence-electron chi connectivity index (χ0n) is 17.8. The molecule has 9 nitrogen and oxygen atoms in total. The Morgan fingerprint density at radius 2 is 1.82 bits per heavy atom. The number of anilines is 3. The van der Waals surface area contributed by atoms with Gasteiger partial charge in [-0.25, -0.2) is 13.6 Å². The smallest absolute Gasteiger partial charge is 0.330 e. The number of aromatic nitrogens is 2. The summed E-state index contributed by atoms with van der Waals surface area (Å²) in [5.74, 6) is -2.49. The Balaban J connectivity index is 1.92. The van der Waals surface area contributed by atoms with E-state index in [2.05, 4.69) is 10.3 Å². The summed E-state index contributed by atoms with van der Waals surface area (Å²) >= 11 is 0. The Labute approximate surface area is 187 Å². The molecule has 1 aromatic heterocycles. The minimum atomic E-state index is -0.852. The average Bonchev–Trinajstić information content (AvgIpc) is 2.74. The third-order valence-electron chi connectivity index (χ3n) is 4.76. The maximum absolute atomic E-state index is 13.4. The van der Waals surface area contributed by atoms with Crippen LogP contribution < -0.4 is 27.2 Å². The summed E-state index contributed by atoms with van der Waals surface area (Å²) in [7, 11) is 1.44.